The first-order chi connectivity index (χ1) is 8.59. The summed E-state index contributed by atoms with van der Waals surface area (Å²) < 4.78 is 5.31. The normalized spacial score (nSPS) is 9.78. The highest BCUT2D eigenvalue weighted by molar-refractivity contribution is 5.68. The number of carboxylic acids is 2. The van der Waals surface area contributed by atoms with Crippen molar-refractivity contribution < 1.29 is 24.5 Å². The molecule has 0 saturated carbocycles. The molecule has 0 bridgehead atoms. The maximum absolute atomic E-state index is 10.4. The number of carbonyl (C=O) groups is 2. The molecule has 6 heteroatoms. The van der Waals surface area contributed by atoms with Crippen LogP contribution in [0.15, 0.2) is 24.3 Å². The lowest BCUT2D eigenvalue weighted by atomic mass is 10.3. The molecule has 0 radical (unpaired) electrons. The van der Waals surface area contributed by atoms with Gasteiger partial charge in [-0.25, -0.2) is 0 Å². The molecular formula is C12H15NO5. The third-order valence-corrected chi connectivity index (χ3v) is 2.11. The summed E-state index contributed by atoms with van der Waals surface area (Å²) in [4.78, 5) is 20.7. The lowest BCUT2D eigenvalue weighted by Crippen LogP contribution is -2.10. The van der Waals surface area contributed by atoms with Crippen molar-refractivity contribution in [2.24, 2.45) is 0 Å². The number of hydrogen-bond acceptors (Lipinski definition) is 4. The van der Waals surface area contributed by atoms with Crippen molar-refractivity contribution in [3.05, 3.63) is 24.3 Å². The summed E-state index contributed by atoms with van der Waals surface area (Å²) in [5.41, 5.74) is 0.657. The molecule has 18 heavy (non-hydrogen) atoms. The highest BCUT2D eigenvalue weighted by atomic mass is 16.5. The molecule has 0 fully saturated rings. The molecule has 0 aliphatic rings. The molecule has 1 rings (SSSR count). The van der Waals surface area contributed by atoms with Gasteiger partial charge in [-0.1, -0.05) is 12.1 Å². The molecule has 0 amide bonds. The minimum atomic E-state index is -0.925. The SMILES string of the molecule is O=C(O)CCNc1ccccc1OCCC(=O)O. The Hall–Kier alpha value is -2.24. The molecule has 0 unspecified atom stereocenters. The zero-order valence-corrected chi connectivity index (χ0v) is 9.76. The molecular weight excluding hydrogens is 238 g/mol. The zero-order valence-electron chi connectivity index (χ0n) is 9.76. The Bertz CT molecular complexity index is 380. The lowest BCUT2D eigenvalue weighted by molar-refractivity contribution is -0.138. The van der Waals surface area contributed by atoms with Crippen LogP contribution in [-0.4, -0.2) is 35.3 Å². The molecule has 3 N–H and O–H groups in total. The fourth-order valence-electron chi connectivity index (χ4n) is 1.29. The van der Waals surface area contributed by atoms with Crippen LogP contribution in [-0.2, 0) is 9.59 Å². The number of para-hydroxylation sites is 2. The van der Waals surface area contributed by atoms with Crippen molar-refractivity contribution >= 4 is 17.6 Å². The van der Waals surface area contributed by atoms with Crippen LogP contribution in [0.2, 0.25) is 0 Å². The fourth-order valence-corrected chi connectivity index (χ4v) is 1.29. The van der Waals surface area contributed by atoms with E-state index in [4.69, 9.17) is 14.9 Å². The first-order valence-electron chi connectivity index (χ1n) is 5.49. The van der Waals surface area contributed by atoms with Gasteiger partial charge in [0, 0.05) is 6.54 Å². The molecule has 1 aromatic carbocycles. The Balaban J connectivity index is 2.50. The quantitative estimate of drug-likeness (QED) is 0.648. The number of carboxylic acid groups (broad SMARTS) is 2. The van der Waals surface area contributed by atoms with Gasteiger partial charge in [-0.15, -0.1) is 0 Å². The number of ether oxygens (including phenoxy) is 1. The summed E-state index contributed by atoms with van der Waals surface area (Å²) in [6.07, 6.45) is -0.0765. The Morgan fingerprint density at radius 3 is 2.44 bits per heavy atom. The van der Waals surface area contributed by atoms with Crippen LogP contribution in [0.5, 0.6) is 5.75 Å². The van der Waals surface area contributed by atoms with E-state index in [1.54, 1.807) is 24.3 Å². The van der Waals surface area contributed by atoms with Crippen molar-refractivity contribution in [3.63, 3.8) is 0 Å². The Morgan fingerprint density at radius 2 is 1.78 bits per heavy atom. The van der Waals surface area contributed by atoms with E-state index in [0.717, 1.165) is 0 Å². The smallest absolute Gasteiger partial charge is 0.306 e. The second-order valence-electron chi connectivity index (χ2n) is 3.56. The Labute approximate surface area is 104 Å². The molecule has 0 atom stereocenters. The van der Waals surface area contributed by atoms with E-state index in [1.165, 1.54) is 0 Å². The van der Waals surface area contributed by atoms with E-state index in [9.17, 15) is 9.59 Å². The summed E-state index contributed by atoms with van der Waals surface area (Å²) in [6.45, 7) is 0.363. The van der Waals surface area contributed by atoms with Crippen LogP contribution in [0, 0.1) is 0 Å². The van der Waals surface area contributed by atoms with E-state index in [1.807, 2.05) is 0 Å². The van der Waals surface area contributed by atoms with Crippen LogP contribution < -0.4 is 10.1 Å². The van der Waals surface area contributed by atoms with Gasteiger partial charge in [-0.05, 0) is 12.1 Å². The van der Waals surface area contributed by atoms with Crippen LogP contribution in [0.4, 0.5) is 5.69 Å². The number of nitrogens with one attached hydrogen (secondary N) is 1. The summed E-state index contributed by atoms with van der Waals surface area (Å²) in [7, 11) is 0. The van der Waals surface area contributed by atoms with Crippen molar-refractivity contribution in [2.45, 2.75) is 12.8 Å². The number of anilines is 1. The first kappa shape index (κ1) is 13.8. The summed E-state index contributed by atoms with van der Waals surface area (Å²) in [6, 6.07) is 6.99. The number of benzene rings is 1. The van der Waals surface area contributed by atoms with Crippen LogP contribution in [0.3, 0.4) is 0 Å². The van der Waals surface area contributed by atoms with Crippen LogP contribution in [0.25, 0.3) is 0 Å². The van der Waals surface area contributed by atoms with Gasteiger partial charge in [0.25, 0.3) is 0 Å². The fraction of sp³-hybridized carbons (Fsp3) is 0.333. The van der Waals surface area contributed by atoms with Gasteiger partial charge in [0.15, 0.2) is 0 Å². The lowest BCUT2D eigenvalue weighted by Gasteiger charge is -2.11. The standard InChI is InChI=1S/C12H15NO5/c14-11(15)5-7-13-9-3-1-2-4-10(9)18-8-6-12(16)17/h1-4,13H,5-8H2,(H,14,15)(H,16,17). The van der Waals surface area contributed by atoms with Gasteiger partial charge in [0.05, 0.1) is 25.1 Å². The molecule has 0 heterocycles. The number of rotatable bonds is 8. The topological polar surface area (TPSA) is 95.9 Å². The average Bonchev–Trinajstić information content (AvgIpc) is 2.30. The molecule has 0 aromatic heterocycles. The van der Waals surface area contributed by atoms with Crippen molar-refractivity contribution in [1.82, 2.24) is 0 Å². The maximum atomic E-state index is 10.4. The molecule has 0 aliphatic carbocycles. The van der Waals surface area contributed by atoms with Crippen molar-refractivity contribution in [1.29, 1.82) is 0 Å². The van der Waals surface area contributed by atoms with E-state index in [2.05, 4.69) is 5.32 Å². The van der Waals surface area contributed by atoms with Gasteiger partial charge in [0.1, 0.15) is 5.75 Å². The highest BCUT2D eigenvalue weighted by Gasteiger charge is 2.04. The van der Waals surface area contributed by atoms with Crippen LogP contribution >= 0.6 is 0 Å². The summed E-state index contributed by atoms with van der Waals surface area (Å²) >= 11 is 0. The largest absolute Gasteiger partial charge is 0.491 e. The minimum absolute atomic E-state index is 0.00343. The maximum Gasteiger partial charge on any atom is 0.306 e. The highest BCUT2D eigenvalue weighted by Crippen LogP contribution is 2.23. The summed E-state index contributed by atoms with van der Waals surface area (Å²) in [5.74, 6) is -1.29. The van der Waals surface area contributed by atoms with E-state index in [0.29, 0.717) is 11.4 Å². The Kier molecular flexibility index (Phi) is 5.50. The van der Waals surface area contributed by atoms with Gasteiger partial charge >= 0.3 is 11.9 Å². The molecule has 0 aliphatic heterocycles. The third-order valence-electron chi connectivity index (χ3n) is 2.11. The van der Waals surface area contributed by atoms with E-state index >= 15 is 0 Å². The minimum Gasteiger partial charge on any atom is -0.491 e. The molecule has 98 valence electrons. The third kappa shape index (κ3) is 5.20. The predicted octanol–water partition coefficient (Wildman–Crippen LogP) is 1.43. The number of hydrogen-bond donors (Lipinski definition) is 3. The molecule has 6 nitrogen and oxygen atoms in total. The zero-order chi connectivity index (χ0) is 13.4. The Morgan fingerprint density at radius 1 is 1.11 bits per heavy atom. The van der Waals surface area contributed by atoms with Crippen LogP contribution in [0.1, 0.15) is 12.8 Å². The van der Waals surface area contributed by atoms with E-state index in [-0.39, 0.29) is 26.0 Å². The molecule has 1 aromatic rings. The van der Waals surface area contributed by atoms with Crippen molar-refractivity contribution in [3.8, 4) is 5.75 Å². The second kappa shape index (κ2) is 7.16. The van der Waals surface area contributed by atoms with Gasteiger partial charge in [0.2, 0.25) is 0 Å². The molecule has 0 saturated heterocycles. The van der Waals surface area contributed by atoms with E-state index < -0.39 is 11.9 Å². The first-order valence-corrected chi connectivity index (χ1v) is 5.49. The van der Waals surface area contributed by atoms with Gasteiger partial charge in [-0.3, -0.25) is 9.59 Å². The average molecular weight is 253 g/mol. The number of aliphatic carboxylic acids is 2. The monoisotopic (exact) mass is 253 g/mol. The molecule has 0 spiro atoms. The van der Waals surface area contributed by atoms with Gasteiger partial charge < -0.3 is 20.3 Å². The predicted molar refractivity (Wildman–Crippen MR) is 64.9 cm³/mol. The van der Waals surface area contributed by atoms with Gasteiger partial charge in [-0.2, -0.15) is 0 Å². The second-order valence-corrected chi connectivity index (χ2v) is 3.56. The van der Waals surface area contributed by atoms with Crippen molar-refractivity contribution in [2.75, 3.05) is 18.5 Å². The summed E-state index contributed by atoms with van der Waals surface area (Å²) in [5, 5.41) is 20.0.